The minimum Gasteiger partial charge on any atom is -0.347 e. The number of likely N-dealkylation sites (tertiary alicyclic amines) is 1. The van der Waals surface area contributed by atoms with Gasteiger partial charge in [-0.1, -0.05) is 17.7 Å². The predicted octanol–water partition coefficient (Wildman–Crippen LogP) is 3.48. The Bertz CT molecular complexity index is 789. The number of amides is 1. The first kappa shape index (κ1) is 18.6. The highest BCUT2D eigenvalue weighted by atomic mass is 32.1. The average molecular weight is 388 g/mol. The highest BCUT2D eigenvalue weighted by Crippen LogP contribution is 2.33. The molecule has 144 valence electrons. The SMILES string of the molecule is CC(=O)N(c1ccc(C)cc1)c1nc(CN2CCC3(CC2)OCCO3)cs1. The molecule has 0 saturated carbocycles. The molecule has 1 spiro atoms. The Morgan fingerprint density at radius 1 is 1.22 bits per heavy atom. The van der Waals surface area contributed by atoms with Gasteiger partial charge in [0, 0.05) is 44.8 Å². The second kappa shape index (κ2) is 7.67. The summed E-state index contributed by atoms with van der Waals surface area (Å²) in [6.07, 6.45) is 1.79. The minimum atomic E-state index is -0.347. The van der Waals surface area contributed by atoms with Crippen molar-refractivity contribution < 1.29 is 14.3 Å². The van der Waals surface area contributed by atoms with Gasteiger partial charge in [-0.2, -0.15) is 0 Å². The van der Waals surface area contributed by atoms with Crippen LogP contribution in [0.15, 0.2) is 29.6 Å². The van der Waals surface area contributed by atoms with Crippen LogP contribution in [0.4, 0.5) is 10.8 Å². The van der Waals surface area contributed by atoms with E-state index in [1.807, 2.05) is 36.6 Å². The van der Waals surface area contributed by atoms with Gasteiger partial charge in [0.1, 0.15) is 0 Å². The number of rotatable bonds is 4. The zero-order valence-electron chi connectivity index (χ0n) is 15.8. The molecule has 2 saturated heterocycles. The van der Waals surface area contributed by atoms with Gasteiger partial charge < -0.3 is 9.47 Å². The van der Waals surface area contributed by atoms with Crippen LogP contribution in [0.5, 0.6) is 0 Å². The van der Waals surface area contributed by atoms with Crippen molar-refractivity contribution >= 4 is 28.1 Å². The van der Waals surface area contributed by atoms with Crippen molar-refractivity contribution in [2.45, 2.75) is 39.0 Å². The number of carbonyl (C=O) groups excluding carboxylic acids is 1. The smallest absolute Gasteiger partial charge is 0.230 e. The molecule has 2 aliphatic rings. The molecule has 1 aromatic heterocycles. The Labute approximate surface area is 163 Å². The molecule has 0 radical (unpaired) electrons. The molecule has 2 aliphatic heterocycles. The molecular formula is C20H25N3O3S. The van der Waals surface area contributed by atoms with Gasteiger partial charge in [-0.25, -0.2) is 4.98 Å². The lowest BCUT2D eigenvalue weighted by Crippen LogP contribution is -2.44. The van der Waals surface area contributed by atoms with Gasteiger partial charge in [0.2, 0.25) is 5.91 Å². The third-order valence-corrected chi connectivity index (χ3v) is 6.03. The Hall–Kier alpha value is -1.80. The van der Waals surface area contributed by atoms with E-state index in [0.29, 0.717) is 13.2 Å². The summed E-state index contributed by atoms with van der Waals surface area (Å²) in [5.74, 6) is -0.379. The third-order valence-electron chi connectivity index (χ3n) is 5.15. The molecule has 0 N–H and O–H groups in total. The van der Waals surface area contributed by atoms with Crippen molar-refractivity contribution in [1.29, 1.82) is 0 Å². The van der Waals surface area contributed by atoms with E-state index in [1.165, 1.54) is 16.9 Å². The summed E-state index contributed by atoms with van der Waals surface area (Å²) >= 11 is 1.51. The summed E-state index contributed by atoms with van der Waals surface area (Å²) in [7, 11) is 0. The number of nitrogens with zero attached hydrogens (tertiary/aromatic N) is 3. The largest absolute Gasteiger partial charge is 0.347 e. The molecule has 0 atom stereocenters. The molecule has 0 unspecified atom stereocenters. The number of benzene rings is 1. The average Bonchev–Trinajstić information content (AvgIpc) is 3.29. The molecule has 0 bridgehead atoms. The number of hydrogen-bond donors (Lipinski definition) is 0. The van der Waals surface area contributed by atoms with E-state index in [9.17, 15) is 4.79 Å². The topological polar surface area (TPSA) is 54.9 Å². The standard InChI is InChI=1S/C20H25N3O3S/c1-15-3-5-18(6-4-15)23(16(2)24)19-21-17(14-27-19)13-22-9-7-20(8-10-22)25-11-12-26-20/h3-6,14H,7-13H2,1-2H3. The van der Waals surface area contributed by atoms with E-state index in [0.717, 1.165) is 49.0 Å². The van der Waals surface area contributed by atoms with Crippen LogP contribution >= 0.6 is 11.3 Å². The number of aromatic nitrogens is 1. The first-order valence-corrected chi connectivity index (χ1v) is 10.2. The normalized spacial score (nSPS) is 19.5. The molecule has 1 aromatic carbocycles. The number of ether oxygens (including phenoxy) is 2. The monoisotopic (exact) mass is 387 g/mol. The van der Waals surface area contributed by atoms with E-state index in [1.54, 1.807) is 11.8 Å². The maximum absolute atomic E-state index is 12.2. The van der Waals surface area contributed by atoms with Crippen molar-refractivity contribution in [3.05, 3.63) is 40.9 Å². The van der Waals surface area contributed by atoms with E-state index < -0.39 is 0 Å². The molecule has 2 aromatic rings. The molecule has 27 heavy (non-hydrogen) atoms. The molecule has 3 heterocycles. The summed E-state index contributed by atoms with van der Waals surface area (Å²) in [4.78, 5) is 21.0. The number of piperidine rings is 1. The van der Waals surface area contributed by atoms with Crippen LogP contribution < -0.4 is 4.90 Å². The zero-order chi connectivity index (χ0) is 18.9. The fourth-order valence-electron chi connectivity index (χ4n) is 3.66. The lowest BCUT2D eigenvalue weighted by molar-refractivity contribution is -0.185. The van der Waals surface area contributed by atoms with Crippen molar-refractivity contribution in [3.8, 4) is 0 Å². The Kier molecular flexibility index (Phi) is 5.27. The Balaban J connectivity index is 1.43. The lowest BCUT2D eigenvalue weighted by Gasteiger charge is -2.37. The number of carbonyl (C=O) groups is 1. The van der Waals surface area contributed by atoms with Crippen LogP contribution in [-0.4, -0.2) is 47.9 Å². The van der Waals surface area contributed by atoms with Crippen molar-refractivity contribution in [3.63, 3.8) is 0 Å². The highest BCUT2D eigenvalue weighted by Gasteiger charge is 2.39. The van der Waals surface area contributed by atoms with Crippen molar-refractivity contribution in [1.82, 2.24) is 9.88 Å². The number of anilines is 2. The first-order chi connectivity index (χ1) is 13.0. The van der Waals surface area contributed by atoms with Gasteiger partial charge in [0.25, 0.3) is 0 Å². The first-order valence-electron chi connectivity index (χ1n) is 9.37. The Morgan fingerprint density at radius 3 is 2.52 bits per heavy atom. The van der Waals surface area contributed by atoms with E-state index >= 15 is 0 Å². The molecule has 4 rings (SSSR count). The lowest BCUT2D eigenvalue weighted by atomic mass is 10.0. The van der Waals surface area contributed by atoms with Crippen molar-refractivity contribution in [2.75, 3.05) is 31.2 Å². The summed E-state index contributed by atoms with van der Waals surface area (Å²) in [6, 6.07) is 7.94. The van der Waals surface area contributed by atoms with Crippen LogP contribution in [-0.2, 0) is 20.8 Å². The second-order valence-corrected chi connectivity index (χ2v) is 8.03. The maximum Gasteiger partial charge on any atom is 0.230 e. The van der Waals surface area contributed by atoms with Crippen LogP contribution in [0.2, 0.25) is 0 Å². The van der Waals surface area contributed by atoms with Gasteiger partial charge in [-0.15, -0.1) is 11.3 Å². The van der Waals surface area contributed by atoms with Crippen LogP contribution in [0, 0.1) is 6.92 Å². The van der Waals surface area contributed by atoms with Crippen LogP contribution in [0.1, 0.15) is 31.0 Å². The van der Waals surface area contributed by atoms with E-state index in [4.69, 9.17) is 14.5 Å². The van der Waals surface area contributed by atoms with Gasteiger partial charge in [-0.3, -0.25) is 14.6 Å². The van der Waals surface area contributed by atoms with Gasteiger partial charge in [-0.05, 0) is 19.1 Å². The van der Waals surface area contributed by atoms with Crippen LogP contribution in [0.25, 0.3) is 0 Å². The quantitative estimate of drug-likeness (QED) is 0.804. The molecule has 1 amide bonds. The maximum atomic E-state index is 12.2. The zero-order valence-corrected chi connectivity index (χ0v) is 16.6. The third kappa shape index (κ3) is 4.06. The molecule has 2 fully saturated rings. The number of aryl methyl sites for hydroxylation is 1. The number of thiazole rings is 1. The summed E-state index contributed by atoms with van der Waals surface area (Å²) in [6.45, 7) is 7.67. The summed E-state index contributed by atoms with van der Waals surface area (Å²) in [5, 5.41) is 2.77. The fourth-order valence-corrected chi connectivity index (χ4v) is 4.54. The minimum absolute atomic E-state index is 0.0322. The molecule has 7 heteroatoms. The fraction of sp³-hybridized carbons (Fsp3) is 0.500. The molecule has 0 aliphatic carbocycles. The predicted molar refractivity (Wildman–Crippen MR) is 105 cm³/mol. The molecule has 6 nitrogen and oxygen atoms in total. The van der Waals surface area contributed by atoms with Gasteiger partial charge in [0.05, 0.1) is 24.6 Å². The Morgan fingerprint density at radius 2 is 1.89 bits per heavy atom. The van der Waals surface area contributed by atoms with Crippen LogP contribution in [0.3, 0.4) is 0 Å². The second-order valence-electron chi connectivity index (χ2n) is 7.20. The van der Waals surface area contributed by atoms with E-state index in [-0.39, 0.29) is 11.7 Å². The summed E-state index contributed by atoms with van der Waals surface area (Å²) in [5.41, 5.74) is 3.02. The van der Waals surface area contributed by atoms with Crippen molar-refractivity contribution in [2.24, 2.45) is 0 Å². The van der Waals surface area contributed by atoms with E-state index in [2.05, 4.69) is 4.90 Å². The van der Waals surface area contributed by atoms with Gasteiger partial charge >= 0.3 is 0 Å². The summed E-state index contributed by atoms with van der Waals surface area (Å²) < 4.78 is 11.6. The highest BCUT2D eigenvalue weighted by molar-refractivity contribution is 7.14. The number of hydrogen-bond acceptors (Lipinski definition) is 6. The van der Waals surface area contributed by atoms with Gasteiger partial charge in [0.15, 0.2) is 10.9 Å². The molecular weight excluding hydrogens is 362 g/mol.